The molecule has 0 heterocycles. The van der Waals surface area contributed by atoms with Crippen LogP contribution in [0.5, 0.6) is 0 Å². The van der Waals surface area contributed by atoms with Crippen molar-refractivity contribution in [3.05, 3.63) is 52.0 Å². The van der Waals surface area contributed by atoms with Gasteiger partial charge >= 0.3 is 5.97 Å². The SMILES string of the molecule is C=C.C=C.C=CO.C=COC(C)=O. The van der Waals surface area contributed by atoms with E-state index in [2.05, 4.69) is 44.2 Å². The number of carbonyl (C=O) groups is 1. The molecule has 0 rings (SSSR count). The highest BCUT2D eigenvalue weighted by Gasteiger charge is 1.79. The van der Waals surface area contributed by atoms with Gasteiger partial charge in [-0.05, 0) is 0 Å². The summed E-state index contributed by atoms with van der Waals surface area (Å²) in [5, 5.41) is 7.33. The number of rotatable bonds is 1. The van der Waals surface area contributed by atoms with E-state index in [1.165, 1.54) is 6.92 Å². The van der Waals surface area contributed by atoms with Crippen molar-refractivity contribution in [2.45, 2.75) is 6.92 Å². The number of ether oxygens (including phenoxy) is 1. The molecule has 13 heavy (non-hydrogen) atoms. The molecule has 0 aliphatic carbocycles. The molecule has 0 bridgehead atoms. The van der Waals surface area contributed by atoms with Crippen LogP contribution in [-0.4, -0.2) is 11.1 Å². The van der Waals surface area contributed by atoms with Gasteiger partial charge in [-0.1, -0.05) is 13.2 Å². The maximum absolute atomic E-state index is 9.75. The van der Waals surface area contributed by atoms with Crippen LogP contribution in [0.4, 0.5) is 0 Å². The van der Waals surface area contributed by atoms with Crippen LogP contribution in [0.1, 0.15) is 6.92 Å². The van der Waals surface area contributed by atoms with Gasteiger partial charge in [0.2, 0.25) is 0 Å². The minimum atomic E-state index is -0.329. The van der Waals surface area contributed by atoms with Crippen LogP contribution in [0.2, 0.25) is 0 Å². The number of aliphatic hydroxyl groups is 1. The summed E-state index contributed by atoms with van der Waals surface area (Å²) in [5.41, 5.74) is 0. The first-order valence-corrected chi connectivity index (χ1v) is 3.22. The predicted octanol–water partition coefficient (Wildman–Crippen LogP) is 2.99. The van der Waals surface area contributed by atoms with Crippen molar-refractivity contribution >= 4 is 5.97 Å². The predicted molar refractivity (Wildman–Crippen MR) is 57.3 cm³/mol. The average molecular weight is 186 g/mol. The van der Waals surface area contributed by atoms with E-state index >= 15 is 0 Å². The van der Waals surface area contributed by atoms with Crippen LogP contribution in [0.15, 0.2) is 52.0 Å². The Morgan fingerprint density at radius 3 is 1.46 bits per heavy atom. The summed E-state index contributed by atoms with van der Waals surface area (Å²) in [7, 11) is 0. The molecule has 0 spiro atoms. The van der Waals surface area contributed by atoms with Crippen LogP contribution < -0.4 is 0 Å². The third kappa shape index (κ3) is 458. The van der Waals surface area contributed by atoms with E-state index < -0.39 is 0 Å². The summed E-state index contributed by atoms with van der Waals surface area (Å²) in [6.07, 6.45) is 1.85. The molecule has 0 aliphatic heterocycles. The average Bonchev–Trinajstić information content (AvgIpc) is 2.12. The lowest BCUT2D eigenvalue weighted by atomic mass is 10.8. The highest BCUT2D eigenvalue weighted by atomic mass is 16.5. The van der Waals surface area contributed by atoms with E-state index in [-0.39, 0.29) is 5.97 Å². The molecule has 0 atom stereocenters. The number of hydrogen-bond acceptors (Lipinski definition) is 3. The fraction of sp³-hybridized carbons (Fsp3) is 0.100. The second-order valence-electron chi connectivity index (χ2n) is 0.959. The zero-order valence-corrected chi connectivity index (χ0v) is 8.16. The summed E-state index contributed by atoms with van der Waals surface area (Å²) < 4.78 is 4.17. The highest BCUT2D eigenvalue weighted by molar-refractivity contribution is 5.66. The van der Waals surface area contributed by atoms with Crippen LogP contribution >= 0.6 is 0 Å². The Balaban J connectivity index is -0.0000000493. The van der Waals surface area contributed by atoms with Crippen molar-refractivity contribution in [3.8, 4) is 0 Å². The van der Waals surface area contributed by atoms with E-state index in [0.29, 0.717) is 0 Å². The molecule has 0 fully saturated rings. The standard InChI is InChI=1S/C4H6O2.C2H4O.2C2H4/c1-3-6-4(2)5;1-2-3;2*1-2/h3H,1H2,2H3;2-3H,1H2;2*1-2H2. The lowest BCUT2D eigenvalue weighted by Crippen LogP contribution is -1.87. The van der Waals surface area contributed by atoms with Crippen LogP contribution in [0.25, 0.3) is 0 Å². The van der Waals surface area contributed by atoms with Crippen molar-refractivity contribution in [2.75, 3.05) is 0 Å². The molecule has 0 saturated carbocycles. The van der Waals surface area contributed by atoms with Gasteiger partial charge in [0.05, 0.1) is 12.5 Å². The van der Waals surface area contributed by atoms with Crippen molar-refractivity contribution in [1.29, 1.82) is 0 Å². The zero-order valence-electron chi connectivity index (χ0n) is 8.16. The quantitative estimate of drug-likeness (QED) is 0.389. The summed E-state index contributed by atoms with van der Waals surface area (Å²) in [6, 6.07) is 0. The smallest absolute Gasteiger partial charge is 0.307 e. The third-order valence-electron chi connectivity index (χ3n) is 0.249. The van der Waals surface area contributed by atoms with Gasteiger partial charge in [0.15, 0.2) is 0 Å². The minimum Gasteiger partial charge on any atom is -0.516 e. The van der Waals surface area contributed by atoms with E-state index in [9.17, 15) is 4.79 Å². The largest absolute Gasteiger partial charge is 0.516 e. The zero-order chi connectivity index (χ0) is 11.7. The molecule has 0 aromatic carbocycles. The van der Waals surface area contributed by atoms with Crippen molar-refractivity contribution < 1.29 is 14.6 Å². The maximum atomic E-state index is 9.75. The molecule has 0 radical (unpaired) electrons. The van der Waals surface area contributed by atoms with E-state index in [4.69, 9.17) is 5.11 Å². The fourth-order valence-electron chi connectivity index (χ4n) is 0.117. The first kappa shape index (κ1) is 22.5. The number of carbonyl (C=O) groups excluding carboxylic acids is 1. The van der Waals surface area contributed by atoms with Gasteiger partial charge in [-0.3, -0.25) is 4.79 Å². The second-order valence-corrected chi connectivity index (χ2v) is 0.959. The Bertz CT molecular complexity index is 117. The van der Waals surface area contributed by atoms with Gasteiger partial charge in [-0.2, -0.15) is 0 Å². The monoisotopic (exact) mass is 186 g/mol. The number of hydrogen-bond donors (Lipinski definition) is 1. The Kier molecular flexibility index (Phi) is 84.2. The fourth-order valence-corrected chi connectivity index (χ4v) is 0.117. The third-order valence-corrected chi connectivity index (χ3v) is 0.249. The van der Waals surface area contributed by atoms with Gasteiger partial charge in [0.1, 0.15) is 0 Å². The van der Waals surface area contributed by atoms with Gasteiger partial charge in [0, 0.05) is 6.92 Å². The summed E-state index contributed by atoms with van der Waals surface area (Å²) in [5.74, 6) is -0.329. The van der Waals surface area contributed by atoms with Gasteiger partial charge < -0.3 is 9.84 Å². The highest BCUT2D eigenvalue weighted by Crippen LogP contribution is 1.70. The first-order chi connectivity index (χ1) is 6.18. The first-order valence-electron chi connectivity index (χ1n) is 3.22. The lowest BCUT2D eigenvalue weighted by Gasteiger charge is -1.83. The molecule has 0 aromatic heterocycles. The molecule has 0 aromatic rings. The van der Waals surface area contributed by atoms with Crippen molar-refractivity contribution in [2.24, 2.45) is 0 Å². The summed E-state index contributed by atoms with van der Waals surface area (Å²) in [4.78, 5) is 9.75. The topological polar surface area (TPSA) is 46.5 Å². The number of esters is 1. The molecule has 76 valence electrons. The van der Waals surface area contributed by atoms with E-state index in [1.54, 1.807) is 0 Å². The van der Waals surface area contributed by atoms with Crippen LogP contribution in [0, 0.1) is 0 Å². The van der Waals surface area contributed by atoms with Crippen LogP contribution in [-0.2, 0) is 9.53 Å². The molecule has 3 nitrogen and oxygen atoms in total. The molecule has 3 heteroatoms. The molecule has 0 amide bonds. The van der Waals surface area contributed by atoms with Gasteiger partial charge in [0.25, 0.3) is 0 Å². The Hall–Kier alpha value is -1.77. The molecular weight excluding hydrogens is 168 g/mol. The Labute approximate surface area is 80.4 Å². The van der Waals surface area contributed by atoms with Crippen molar-refractivity contribution in [3.63, 3.8) is 0 Å². The summed E-state index contributed by atoms with van der Waals surface area (Å²) in [6.45, 7) is 19.4. The maximum Gasteiger partial charge on any atom is 0.307 e. The Morgan fingerprint density at radius 2 is 1.46 bits per heavy atom. The number of aliphatic hydroxyl groups excluding tert-OH is 1. The van der Waals surface area contributed by atoms with E-state index in [0.717, 1.165) is 12.5 Å². The van der Waals surface area contributed by atoms with Crippen molar-refractivity contribution in [1.82, 2.24) is 0 Å². The van der Waals surface area contributed by atoms with Crippen LogP contribution in [0.3, 0.4) is 0 Å². The molecule has 0 unspecified atom stereocenters. The Morgan fingerprint density at radius 1 is 1.23 bits per heavy atom. The summed E-state index contributed by atoms with van der Waals surface area (Å²) >= 11 is 0. The lowest BCUT2D eigenvalue weighted by molar-refractivity contribution is -0.135. The van der Waals surface area contributed by atoms with E-state index in [1.807, 2.05) is 0 Å². The molecule has 1 N–H and O–H groups in total. The molecule has 0 saturated heterocycles. The second kappa shape index (κ2) is 48.7. The minimum absolute atomic E-state index is 0.329. The molecule has 0 aliphatic rings. The molecular formula is C10H18O3. The van der Waals surface area contributed by atoms with Gasteiger partial charge in [-0.25, -0.2) is 0 Å². The van der Waals surface area contributed by atoms with Gasteiger partial charge in [-0.15, -0.1) is 26.3 Å². The normalized spacial score (nSPS) is 4.69.